The normalized spacial score (nSPS) is 11.6. The van der Waals surface area contributed by atoms with Crippen LogP contribution in [0.2, 0.25) is 0 Å². The van der Waals surface area contributed by atoms with Crippen LogP contribution in [0.25, 0.3) is 0 Å². The van der Waals surface area contributed by atoms with Crippen LogP contribution in [0, 0.1) is 13.8 Å². The maximum absolute atomic E-state index is 12.2. The Morgan fingerprint density at radius 1 is 1.33 bits per heavy atom. The van der Waals surface area contributed by atoms with Crippen molar-refractivity contribution in [3.63, 3.8) is 0 Å². The lowest BCUT2D eigenvalue weighted by Gasteiger charge is -2.09. The quantitative estimate of drug-likeness (QED) is 0.618. The predicted octanol–water partition coefficient (Wildman–Crippen LogP) is 4.16. The van der Waals surface area contributed by atoms with Gasteiger partial charge in [-0.1, -0.05) is 12.1 Å². The lowest BCUT2D eigenvalue weighted by molar-refractivity contribution is -0.176. The maximum Gasteiger partial charge on any atom is 0.411 e. The Labute approximate surface area is 164 Å². The number of halogens is 4. The second-order valence-electron chi connectivity index (χ2n) is 6.13. The van der Waals surface area contributed by atoms with E-state index in [1.807, 2.05) is 18.5 Å². The number of aromatic nitrogens is 2. The minimum Gasteiger partial charge on any atom is -0.367 e. The van der Waals surface area contributed by atoms with Gasteiger partial charge in [0, 0.05) is 24.3 Å². The van der Waals surface area contributed by atoms with E-state index in [0.717, 1.165) is 15.9 Å². The molecule has 1 aromatic carbocycles. The number of amides is 1. The highest BCUT2D eigenvalue weighted by Gasteiger charge is 2.27. The SMILES string of the molecule is Cc1nn(CCCNC(=O)c2cccc(COCC(F)(F)F)c2)c(C)c1Br. The number of carbonyl (C=O) groups excluding carboxylic acids is 1. The van der Waals surface area contributed by atoms with Gasteiger partial charge >= 0.3 is 6.18 Å². The van der Waals surface area contributed by atoms with Gasteiger partial charge in [-0.2, -0.15) is 18.3 Å². The summed E-state index contributed by atoms with van der Waals surface area (Å²) in [4.78, 5) is 12.2. The number of rotatable bonds is 8. The third kappa shape index (κ3) is 6.66. The van der Waals surface area contributed by atoms with E-state index in [-0.39, 0.29) is 12.5 Å². The van der Waals surface area contributed by atoms with Crippen LogP contribution >= 0.6 is 15.9 Å². The molecule has 0 aliphatic carbocycles. The number of benzene rings is 1. The summed E-state index contributed by atoms with van der Waals surface area (Å²) in [6.45, 7) is 3.50. The number of alkyl halides is 3. The van der Waals surface area contributed by atoms with Crippen LogP contribution in [0.15, 0.2) is 28.7 Å². The minimum atomic E-state index is -4.37. The van der Waals surface area contributed by atoms with Crippen molar-refractivity contribution >= 4 is 21.8 Å². The molecule has 0 saturated carbocycles. The molecule has 27 heavy (non-hydrogen) atoms. The lowest BCUT2D eigenvalue weighted by atomic mass is 10.1. The van der Waals surface area contributed by atoms with E-state index in [4.69, 9.17) is 0 Å². The van der Waals surface area contributed by atoms with Gasteiger partial charge < -0.3 is 10.1 Å². The smallest absolute Gasteiger partial charge is 0.367 e. The van der Waals surface area contributed by atoms with Crippen molar-refractivity contribution in [1.29, 1.82) is 0 Å². The molecule has 0 unspecified atom stereocenters. The maximum atomic E-state index is 12.2. The fourth-order valence-electron chi connectivity index (χ4n) is 2.51. The van der Waals surface area contributed by atoms with Crippen LogP contribution in [-0.4, -0.2) is 35.0 Å². The topological polar surface area (TPSA) is 56.2 Å². The molecule has 1 N–H and O–H groups in total. The van der Waals surface area contributed by atoms with Gasteiger partial charge in [-0.05, 0) is 53.9 Å². The van der Waals surface area contributed by atoms with Crippen LogP contribution in [-0.2, 0) is 17.9 Å². The molecule has 1 heterocycles. The largest absolute Gasteiger partial charge is 0.411 e. The summed E-state index contributed by atoms with van der Waals surface area (Å²) < 4.78 is 43.8. The molecule has 0 atom stereocenters. The molecule has 0 fully saturated rings. The highest BCUT2D eigenvalue weighted by molar-refractivity contribution is 9.10. The summed E-state index contributed by atoms with van der Waals surface area (Å²) in [6.07, 6.45) is -3.66. The van der Waals surface area contributed by atoms with Gasteiger partial charge in [-0.15, -0.1) is 0 Å². The molecule has 0 saturated heterocycles. The Morgan fingerprint density at radius 2 is 2.07 bits per heavy atom. The van der Waals surface area contributed by atoms with E-state index >= 15 is 0 Å². The summed E-state index contributed by atoms with van der Waals surface area (Å²) in [5.41, 5.74) is 2.85. The van der Waals surface area contributed by atoms with E-state index in [1.165, 1.54) is 6.07 Å². The highest BCUT2D eigenvalue weighted by atomic mass is 79.9. The summed E-state index contributed by atoms with van der Waals surface area (Å²) in [7, 11) is 0. The molecule has 0 bridgehead atoms. The van der Waals surface area contributed by atoms with Crippen LogP contribution in [0.3, 0.4) is 0 Å². The molecule has 0 aliphatic rings. The van der Waals surface area contributed by atoms with E-state index < -0.39 is 12.8 Å². The van der Waals surface area contributed by atoms with Crippen LogP contribution < -0.4 is 5.32 Å². The second kappa shape index (κ2) is 9.36. The third-order valence-corrected chi connectivity index (χ3v) is 5.00. The van der Waals surface area contributed by atoms with Crippen LogP contribution in [0.5, 0.6) is 0 Å². The Hall–Kier alpha value is -1.87. The predicted molar refractivity (Wildman–Crippen MR) is 98.5 cm³/mol. The molecule has 2 aromatic rings. The minimum absolute atomic E-state index is 0.201. The first-order chi connectivity index (χ1) is 12.7. The number of ether oxygens (including phenoxy) is 1. The molecule has 2 rings (SSSR count). The van der Waals surface area contributed by atoms with Crippen LogP contribution in [0.4, 0.5) is 13.2 Å². The number of hydrogen-bond acceptors (Lipinski definition) is 3. The molecule has 0 aliphatic heterocycles. The van der Waals surface area contributed by atoms with E-state index in [0.29, 0.717) is 30.6 Å². The monoisotopic (exact) mass is 447 g/mol. The van der Waals surface area contributed by atoms with Gasteiger partial charge in [0.25, 0.3) is 5.91 Å². The summed E-state index contributed by atoms with van der Waals surface area (Å²) in [5, 5.41) is 7.21. The van der Waals surface area contributed by atoms with Crippen molar-refractivity contribution in [3.05, 3.63) is 51.3 Å². The zero-order chi connectivity index (χ0) is 20.0. The highest BCUT2D eigenvalue weighted by Crippen LogP contribution is 2.19. The fraction of sp³-hybridized carbons (Fsp3) is 0.444. The first-order valence-corrected chi connectivity index (χ1v) is 9.18. The first-order valence-electron chi connectivity index (χ1n) is 8.38. The lowest BCUT2D eigenvalue weighted by Crippen LogP contribution is -2.25. The molecule has 0 spiro atoms. The number of hydrogen-bond donors (Lipinski definition) is 1. The van der Waals surface area contributed by atoms with Gasteiger partial charge in [0.05, 0.1) is 16.8 Å². The standard InChI is InChI=1S/C18H21BrF3N3O2/c1-12-16(19)13(2)25(24-12)8-4-7-23-17(26)15-6-3-5-14(9-15)10-27-11-18(20,21)22/h3,5-6,9H,4,7-8,10-11H2,1-2H3,(H,23,26). The molecular weight excluding hydrogens is 427 g/mol. The van der Waals surface area contributed by atoms with Crippen LogP contribution in [0.1, 0.15) is 33.7 Å². The molecular formula is C18H21BrF3N3O2. The number of carbonyl (C=O) groups is 1. The molecule has 1 amide bonds. The molecule has 9 heteroatoms. The van der Waals surface area contributed by atoms with Gasteiger partial charge in [0.1, 0.15) is 6.61 Å². The average molecular weight is 448 g/mol. The van der Waals surface area contributed by atoms with Gasteiger partial charge in [0.2, 0.25) is 0 Å². The summed E-state index contributed by atoms with van der Waals surface area (Å²) >= 11 is 3.47. The molecule has 0 radical (unpaired) electrons. The van der Waals surface area contributed by atoms with Crippen molar-refractivity contribution in [3.8, 4) is 0 Å². The number of nitrogens with zero attached hydrogens (tertiary/aromatic N) is 2. The Kier molecular flexibility index (Phi) is 7.43. The Bertz CT molecular complexity index is 791. The van der Waals surface area contributed by atoms with E-state index in [2.05, 4.69) is 31.1 Å². The zero-order valence-corrected chi connectivity index (χ0v) is 16.7. The second-order valence-corrected chi connectivity index (χ2v) is 6.92. The van der Waals surface area contributed by atoms with Crippen molar-refractivity contribution in [2.24, 2.45) is 0 Å². The van der Waals surface area contributed by atoms with Gasteiger partial charge in [-0.25, -0.2) is 0 Å². The zero-order valence-electron chi connectivity index (χ0n) is 15.1. The number of nitrogens with one attached hydrogen (secondary N) is 1. The summed E-state index contributed by atoms with van der Waals surface area (Å²) in [6, 6.07) is 6.38. The summed E-state index contributed by atoms with van der Waals surface area (Å²) in [5.74, 6) is -0.276. The Morgan fingerprint density at radius 3 is 2.70 bits per heavy atom. The van der Waals surface area contributed by atoms with Gasteiger partial charge in [0.15, 0.2) is 0 Å². The van der Waals surface area contributed by atoms with Gasteiger partial charge in [-0.3, -0.25) is 9.48 Å². The van der Waals surface area contributed by atoms with Crippen molar-refractivity contribution in [2.75, 3.05) is 13.2 Å². The first kappa shape index (κ1) is 21.4. The van der Waals surface area contributed by atoms with E-state index in [1.54, 1.807) is 18.2 Å². The number of aryl methyl sites for hydroxylation is 2. The fourth-order valence-corrected chi connectivity index (χ4v) is 2.80. The molecule has 5 nitrogen and oxygen atoms in total. The third-order valence-electron chi connectivity index (χ3n) is 3.85. The molecule has 1 aromatic heterocycles. The molecule has 148 valence electrons. The van der Waals surface area contributed by atoms with Crippen molar-refractivity contribution in [1.82, 2.24) is 15.1 Å². The van der Waals surface area contributed by atoms with E-state index in [9.17, 15) is 18.0 Å². The average Bonchev–Trinajstić information content (AvgIpc) is 2.84. The van der Waals surface area contributed by atoms with Crippen molar-refractivity contribution < 1.29 is 22.7 Å². The Balaban J connectivity index is 1.80. The van der Waals surface area contributed by atoms with Crippen molar-refractivity contribution in [2.45, 2.75) is 39.6 Å².